The van der Waals surface area contributed by atoms with Crippen LogP contribution in [-0.4, -0.2) is 26.1 Å². The molecule has 2 rings (SSSR count). The number of ether oxygens (including phenoxy) is 1. The molecule has 0 aliphatic rings. The highest BCUT2D eigenvalue weighted by atomic mass is 32.2. The van der Waals surface area contributed by atoms with Gasteiger partial charge in [-0.2, -0.15) is 0 Å². The van der Waals surface area contributed by atoms with E-state index >= 15 is 0 Å². The molecule has 2 aromatic carbocycles. The minimum Gasteiger partial charge on any atom is -0.494 e. The van der Waals surface area contributed by atoms with Crippen molar-refractivity contribution in [3.8, 4) is 5.75 Å². The SMILES string of the molecule is CCOc1cc(CC(=O)O)cc(S(=O)(=O)c2ccc(F)cc2)c1. The highest BCUT2D eigenvalue weighted by Gasteiger charge is 2.20. The molecule has 0 aliphatic carbocycles. The molecule has 23 heavy (non-hydrogen) atoms. The van der Waals surface area contributed by atoms with Gasteiger partial charge < -0.3 is 9.84 Å². The lowest BCUT2D eigenvalue weighted by atomic mass is 10.1. The molecular formula is C16H15FO5S. The Labute approximate surface area is 133 Å². The molecule has 0 saturated heterocycles. The normalized spacial score (nSPS) is 11.2. The molecule has 0 aromatic heterocycles. The quantitative estimate of drug-likeness (QED) is 0.819. The van der Waals surface area contributed by atoms with Gasteiger partial charge in [0.15, 0.2) is 0 Å². The lowest BCUT2D eigenvalue weighted by molar-refractivity contribution is -0.136. The number of sulfone groups is 1. The van der Waals surface area contributed by atoms with E-state index in [9.17, 15) is 17.6 Å². The van der Waals surface area contributed by atoms with Crippen LogP contribution in [0.25, 0.3) is 0 Å². The molecule has 0 bridgehead atoms. The van der Waals surface area contributed by atoms with E-state index in [1.54, 1.807) is 6.92 Å². The van der Waals surface area contributed by atoms with Gasteiger partial charge in [0.25, 0.3) is 0 Å². The van der Waals surface area contributed by atoms with Gasteiger partial charge in [0, 0.05) is 0 Å². The number of carboxylic acids is 1. The van der Waals surface area contributed by atoms with E-state index in [-0.39, 0.29) is 22.0 Å². The van der Waals surface area contributed by atoms with Gasteiger partial charge in [0.1, 0.15) is 11.6 Å². The predicted molar refractivity (Wildman–Crippen MR) is 80.8 cm³/mol. The Balaban J connectivity index is 2.53. The van der Waals surface area contributed by atoms with Gasteiger partial charge in [-0.15, -0.1) is 0 Å². The van der Waals surface area contributed by atoms with Gasteiger partial charge >= 0.3 is 5.97 Å². The smallest absolute Gasteiger partial charge is 0.307 e. The Bertz CT molecular complexity index is 813. The molecule has 0 saturated carbocycles. The molecule has 5 nitrogen and oxygen atoms in total. The maximum atomic E-state index is 13.0. The van der Waals surface area contributed by atoms with Crippen LogP contribution in [-0.2, 0) is 21.1 Å². The molecular weight excluding hydrogens is 323 g/mol. The molecule has 1 N–H and O–H groups in total. The minimum atomic E-state index is -3.89. The fraction of sp³-hybridized carbons (Fsp3) is 0.188. The summed E-state index contributed by atoms with van der Waals surface area (Å²) in [6.07, 6.45) is -0.327. The van der Waals surface area contributed by atoms with E-state index in [4.69, 9.17) is 9.84 Å². The third-order valence-electron chi connectivity index (χ3n) is 3.04. The second-order valence-corrected chi connectivity index (χ2v) is 6.72. The van der Waals surface area contributed by atoms with Crippen molar-refractivity contribution < 1.29 is 27.4 Å². The van der Waals surface area contributed by atoms with Gasteiger partial charge in [-0.3, -0.25) is 4.79 Å². The Morgan fingerprint density at radius 2 is 1.78 bits per heavy atom. The zero-order valence-electron chi connectivity index (χ0n) is 12.3. The summed E-state index contributed by atoms with van der Waals surface area (Å²) in [5.74, 6) is -1.35. The minimum absolute atomic E-state index is 0.0752. The highest BCUT2D eigenvalue weighted by molar-refractivity contribution is 7.91. The molecule has 0 spiro atoms. The maximum Gasteiger partial charge on any atom is 0.307 e. The molecule has 7 heteroatoms. The maximum absolute atomic E-state index is 13.0. The molecule has 2 aromatic rings. The van der Waals surface area contributed by atoms with Gasteiger partial charge in [-0.05, 0) is 55.0 Å². The van der Waals surface area contributed by atoms with Crippen LogP contribution in [0.15, 0.2) is 52.3 Å². The van der Waals surface area contributed by atoms with Crippen molar-refractivity contribution in [2.75, 3.05) is 6.61 Å². The van der Waals surface area contributed by atoms with Crippen LogP contribution >= 0.6 is 0 Å². The molecule has 0 radical (unpaired) electrons. The number of rotatable bonds is 6. The third kappa shape index (κ3) is 4.07. The molecule has 122 valence electrons. The van der Waals surface area contributed by atoms with Gasteiger partial charge in [-0.25, -0.2) is 12.8 Å². The van der Waals surface area contributed by atoms with E-state index in [0.29, 0.717) is 12.2 Å². The van der Waals surface area contributed by atoms with Crippen molar-refractivity contribution in [3.05, 3.63) is 53.8 Å². The summed E-state index contributed by atoms with van der Waals surface area (Å²) in [6, 6.07) is 8.53. The summed E-state index contributed by atoms with van der Waals surface area (Å²) in [7, 11) is -3.89. The molecule has 0 aliphatic heterocycles. The first-order valence-corrected chi connectivity index (χ1v) is 8.30. The van der Waals surface area contributed by atoms with Crippen molar-refractivity contribution in [1.82, 2.24) is 0 Å². The van der Waals surface area contributed by atoms with Gasteiger partial charge in [0.05, 0.1) is 22.8 Å². The fourth-order valence-electron chi connectivity index (χ4n) is 2.06. The average Bonchev–Trinajstić information content (AvgIpc) is 2.47. The van der Waals surface area contributed by atoms with E-state index < -0.39 is 21.6 Å². The third-order valence-corrected chi connectivity index (χ3v) is 4.79. The molecule has 0 amide bonds. The Morgan fingerprint density at radius 3 is 2.35 bits per heavy atom. The van der Waals surface area contributed by atoms with Gasteiger partial charge in [-0.1, -0.05) is 0 Å². The van der Waals surface area contributed by atoms with Gasteiger partial charge in [0.2, 0.25) is 9.84 Å². The van der Waals surface area contributed by atoms with E-state index in [0.717, 1.165) is 24.3 Å². The summed E-state index contributed by atoms with van der Waals surface area (Å²) in [5.41, 5.74) is 0.309. The van der Waals surface area contributed by atoms with Crippen LogP contribution in [0.5, 0.6) is 5.75 Å². The lowest BCUT2D eigenvalue weighted by Crippen LogP contribution is -2.06. The van der Waals surface area contributed by atoms with E-state index in [1.165, 1.54) is 18.2 Å². The van der Waals surface area contributed by atoms with Crippen molar-refractivity contribution in [3.63, 3.8) is 0 Å². The van der Waals surface area contributed by atoms with Crippen molar-refractivity contribution >= 4 is 15.8 Å². The van der Waals surface area contributed by atoms with Crippen LogP contribution < -0.4 is 4.74 Å². The van der Waals surface area contributed by atoms with Crippen LogP contribution in [0.4, 0.5) is 4.39 Å². The van der Waals surface area contributed by atoms with E-state index in [2.05, 4.69) is 0 Å². The first-order chi connectivity index (χ1) is 10.8. The molecule has 0 atom stereocenters. The van der Waals surface area contributed by atoms with Crippen LogP contribution in [0.1, 0.15) is 12.5 Å². The summed E-state index contributed by atoms with van der Waals surface area (Å²) < 4.78 is 43.5. The second kappa shape index (κ2) is 6.78. The number of hydrogen-bond acceptors (Lipinski definition) is 4. The van der Waals surface area contributed by atoms with Crippen molar-refractivity contribution in [1.29, 1.82) is 0 Å². The molecule has 0 heterocycles. The predicted octanol–water partition coefficient (Wildman–Crippen LogP) is 2.68. The Hall–Kier alpha value is -2.41. The zero-order valence-corrected chi connectivity index (χ0v) is 13.1. The number of halogens is 1. The summed E-state index contributed by atoms with van der Waals surface area (Å²) in [4.78, 5) is 10.7. The topological polar surface area (TPSA) is 80.7 Å². The summed E-state index contributed by atoms with van der Waals surface area (Å²) in [5, 5.41) is 8.90. The number of hydrogen-bond donors (Lipinski definition) is 1. The van der Waals surface area contributed by atoms with E-state index in [1.807, 2.05) is 0 Å². The second-order valence-electron chi connectivity index (χ2n) is 4.77. The van der Waals surface area contributed by atoms with Crippen molar-refractivity contribution in [2.45, 2.75) is 23.1 Å². The largest absolute Gasteiger partial charge is 0.494 e. The van der Waals surface area contributed by atoms with Crippen LogP contribution in [0.2, 0.25) is 0 Å². The number of carboxylic acid groups (broad SMARTS) is 1. The first-order valence-electron chi connectivity index (χ1n) is 6.82. The standard InChI is InChI=1S/C16H15FO5S/c1-2-22-13-7-11(9-16(18)19)8-15(10-13)23(20,21)14-5-3-12(17)4-6-14/h3-8,10H,2,9H2,1H3,(H,18,19). The summed E-state index contributed by atoms with van der Waals surface area (Å²) >= 11 is 0. The van der Waals surface area contributed by atoms with Crippen LogP contribution in [0.3, 0.4) is 0 Å². The average molecular weight is 338 g/mol. The zero-order chi connectivity index (χ0) is 17.0. The molecule has 0 unspecified atom stereocenters. The number of aliphatic carboxylic acids is 1. The first kappa shape index (κ1) is 17.0. The van der Waals surface area contributed by atoms with Crippen LogP contribution in [0, 0.1) is 5.82 Å². The van der Waals surface area contributed by atoms with Crippen molar-refractivity contribution in [2.24, 2.45) is 0 Å². The number of benzene rings is 2. The fourth-order valence-corrected chi connectivity index (χ4v) is 3.41. The molecule has 0 fully saturated rings. The Morgan fingerprint density at radius 1 is 1.13 bits per heavy atom. The highest BCUT2D eigenvalue weighted by Crippen LogP contribution is 2.27. The monoisotopic (exact) mass is 338 g/mol. The lowest BCUT2D eigenvalue weighted by Gasteiger charge is -2.10. The number of carbonyl (C=O) groups is 1. The Kier molecular flexibility index (Phi) is 5.00. The summed E-state index contributed by atoms with van der Waals surface area (Å²) in [6.45, 7) is 2.05.